The molecular formula is C19H23FN4O4Si. The summed E-state index contributed by atoms with van der Waals surface area (Å²) >= 11 is 0. The van der Waals surface area contributed by atoms with Gasteiger partial charge in [-0.15, -0.1) is 0 Å². The first-order valence-electron chi connectivity index (χ1n) is 9.08. The van der Waals surface area contributed by atoms with Crippen LogP contribution in [-0.4, -0.2) is 40.4 Å². The van der Waals surface area contributed by atoms with Crippen LogP contribution in [-0.2, 0) is 11.5 Å². The van der Waals surface area contributed by atoms with Gasteiger partial charge in [0.05, 0.1) is 11.1 Å². The average molecular weight is 419 g/mol. The van der Waals surface area contributed by atoms with Crippen LogP contribution < -0.4 is 10.1 Å². The maximum atomic E-state index is 14.0. The highest BCUT2D eigenvalue weighted by molar-refractivity contribution is 6.76. The monoisotopic (exact) mass is 418 g/mol. The molecule has 0 unspecified atom stereocenters. The summed E-state index contributed by atoms with van der Waals surface area (Å²) in [6.07, 6.45) is 1.86. The molecule has 1 amide bonds. The van der Waals surface area contributed by atoms with E-state index in [0.29, 0.717) is 24.4 Å². The van der Waals surface area contributed by atoms with Crippen molar-refractivity contribution in [2.75, 3.05) is 11.9 Å². The fraction of sp³-hybridized carbons (Fsp3) is 0.316. The van der Waals surface area contributed by atoms with Gasteiger partial charge in [0.2, 0.25) is 5.88 Å². The maximum Gasteiger partial charge on any atom is 0.409 e. The Morgan fingerprint density at radius 2 is 2.07 bits per heavy atom. The molecule has 0 fully saturated rings. The average Bonchev–Trinajstić information content (AvgIpc) is 3.04. The highest BCUT2D eigenvalue weighted by Crippen LogP contribution is 2.29. The molecule has 0 radical (unpaired) electrons. The predicted octanol–water partition coefficient (Wildman–Crippen LogP) is 4.76. The van der Waals surface area contributed by atoms with Gasteiger partial charge in [0.15, 0.2) is 5.82 Å². The van der Waals surface area contributed by atoms with Gasteiger partial charge in [-0.1, -0.05) is 19.6 Å². The molecule has 0 spiro atoms. The molecule has 8 nitrogen and oxygen atoms in total. The fourth-order valence-corrected chi connectivity index (χ4v) is 3.35. The molecular weight excluding hydrogens is 395 g/mol. The molecule has 10 heteroatoms. The van der Waals surface area contributed by atoms with Gasteiger partial charge in [-0.2, -0.15) is 0 Å². The number of rotatable bonds is 8. The Labute approximate surface area is 168 Å². The van der Waals surface area contributed by atoms with Crippen molar-refractivity contribution in [2.24, 2.45) is 0 Å². The van der Waals surface area contributed by atoms with E-state index in [4.69, 9.17) is 14.6 Å². The molecule has 0 saturated heterocycles. The number of nitrogens with one attached hydrogen (secondary N) is 1. The molecule has 2 N–H and O–H groups in total. The molecule has 1 aromatic carbocycles. The highest BCUT2D eigenvalue weighted by Gasteiger charge is 2.14. The van der Waals surface area contributed by atoms with Crippen molar-refractivity contribution in [1.82, 2.24) is 14.5 Å². The Bertz CT molecular complexity index is 1020. The minimum absolute atomic E-state index is 0.153. The number of anilines is 1. The van der Waals surface area contributed by atoms with Crippen LogP contribution in [0.15, 0.2) is 36.8 Å². The van der Waals surface area contributed by atoms with Gasteiger partial charge >= 0.3 is 6.09 Å². The standard InChI is InChI=1S/C19H23FN4O4Si/c1-29(2,3)9-8-27-12-24-7-6-14-17(24)21-11-22-18(14)28-13-4-5-16(15(20)10-13)23-19(25)26/h4-7,10-11,23H,8-9,12H2,1-3H3,(H,25,26). The summed E-state index contributed by atoms with van der Waals surface area (Å²) in [5.41, 5.74) is 0.493. The highest BCUT2D eigenvalue weighted by atomic mass is 28.3. The van der Waals surface area contributed by atoms with Crippen molar-refractivity contribution in [3.8, 4) is 11.6 Å². The van der Waals surface area contributed by atoms with Gasteiger partial charge in [0.1, 0.15) is 24.5 Å². The first-order valence-corrected chi connectivity index (χ1v) is 12.8. The topological polar surface area (TPSA) is 98.5 Å². The number of hydrogen-bond donors (Lipinski definition) is 2. The van der Waals surface area contributed by atoms with Crippen molar-refractivity contribution < 1.29 is 23.8 Å². The molecule has 2 heterocycles. The predicted molar refractivity (Wildman–Crippen MR) is 110 cm³/mol. The Balaban J connectivity index is 1.73. The second kappa shape index (κ2) is 8.58. The first kappa shape index (κ1) is 20.7. The summed E-state index contributed by atoms with van der Waals surface area (Å²) in [5.74, 6) is -0.282. The second-order valence-electron chi connectivity index (χ2n) is 7.72. The van der Waals surface area contributed by atoms with E-state index in [0.717, 1.165) is 12.1 Å². The first-order chi connectivity index (χ1) is 13.7. The van der Waals surface area contributed by atoms with E-state index in [1.807, 2.05) is 22.1 Å². The second-order valence-corrected chi connectivity index (χ2v) is 13.3. The van der Waals surface area contributed by atoms with Gasteiger partial charge in [0.25, 0.3) is 0 Å². The van der Waals surface area contributed by atoms with Crippen molar-refractivity contribution in [3.63, 3.8) is 0 Å². The minimum atomic E-state index is -1.34. The van der Waals surface area contributed by atoms with Crippen molar-refractivity contribution >= 4 is 30.9 Å². The number of halogens is 1. The lowest BCUT2D eigenvalue weighted by Gasteiger charge is -2.15. The van der Waals surface area contributed by atoms with Gasteiger partial charge in [-0.05, 0) is 24.2 Å². The van der Waals surface area contributed by atoms with Gasteiger partial charge in [-0.3, -0.25) is 5.32 Å². The van der Waals surface area contributed by atoms with Crippen LogP contribution in [0.1, 0.15) is 0 Å². The van der Waals surface area contributed by atoms with E-state index < -0.39 is 20.0 Å². The number of aromatic nitrogens is 3. The van der Waals surface area contributed by atoms with Crippen LogP contribution in [0.2, 0.25) is 25.7 Å². The van der Waals surface area contributed by atoms with Gasteiger partial charge in [-0.25, -0.2) is 19.2 Å². The van der Waals surface area contributed by atoms with Crippen molar-refractivity contribution in [2.45, 2.75) is 32.4 Å². The third kappa shape index (κ3) is 5.52. The molecule has 0 aliphatic heterocycles. The Hall–Kier alpha value is -2.98. The molecule has 3 rings (SSSR count). The number of amides is 1. The molecule has 2 aromatic heterocycles. The Kier molecular flexibility index (Phi) is 6.14. The van der Waals surface area contributed by atoms with E-state index in [9.17, 15) is 9.18 Å². The number of carboxylic acid groups (broad SMARTS) is 1. The van der Waals surface area contributed by atoms with Crippen LogP contribution in [0.3, 0.4) is 0 Å². The minimum Gasteiger partial charge on any atom is -0.465 e. The van der Waals surface area contributed by atoms with Crippen LogP contribution >= 0.6 is 0 Å². The lowest BCUT2D eigenvalue weighted by molar-refractivity contribution is 0.0899. The Morgan fingerprint density at radius 1 is 1.28 bits per heavy atom. The quantitative estimate of drug-likeness (QED) is 0.404. The summed E-state index contributed by atoms with van der Waals surface area (Å²) in [6, 6.07) is 6.72. The van der Waals surface area contributed by atoms with E-state index in [-0.39, 0.29) is 17.3 Å². The number of benzene rings is 1. The summed E-state index contributed by atoms with van der Waals surface area (Å²) in [5, 5.41) is 11.3. The van der Waals surface area contributed by atoms with Crippen molar-refractivity contribution in [3.05, 3.63) is 42.6 Å². The number of carbonyl (C=O) groups is 1. The molecule has 0 saturated carbocycles. The lowest BCUT2D eigenvalue weighted by atomic mass is 10.3. The molecule has 3 aromatic rings. The normalized spacial score (nSPS) is 11.6. The van der Waals surface area contributed by atoms with Gasteiger partial charge in [0, 0.05) is 26.9 Å². The SMILES string of the molecule is C[Si](C)(C)CCOCn1ccc2c(Oc3ccc(NC(=O)O)c(F)c3)ncnc21. The third-order valence-electron chi connectivity index (χ3n) is 4.14. The molecule has 0 aliphatic rings. The fourth-order valence-electron chi connectivity index (χ4n) is 2.59. The number of hydrogen-bond acceptors (Lipinski definition) is 5. The summed E-state index contributed by atoms with van der Waals surface area (Å²) < 4.78 is 27.4. The maximum absolute atomic E-state index is 14.0. The van der Waals surface area contributed by atoms with E-state index >= 15 is 0 Å². The van der Waals surface area contributed by atoms with E-state index in [1.165, 1.54) is 18.5 Å². The van der Waals surface area contributed by atoms with E-state index in [1.54, 1.807) is 0 Å². The lowest BCUT2D eigenvalue weighted by Crippen LogP contribution is -2.22. The Morgan fingerprint density at radius 3 is 2.76 bits per heavy atom. The summed E-state index contributed by atoms with van der Waals surface area (Å²) in [6.45, 7) is 7.95. The number of nitrogens with zero attached hydrogens (tertiary/aromatic N) is 3. The number of fused-ring (bicyclic) bond motifs is 1. The van der Waals surface area contributed by atoms with Crippen LogP contribution in [0.5, 0.6) is 11.6 Å². The molecule has 0 aliphatic carbocycles. The van der Waals surface area contributed by atoms with Crippen LogP contribution in [0.25, 0.3) is 11.0 Å². The third-order valence-corrected chi connectivity index (χ3v) is 5.85. The smallest absolute Gasteiger partial charge is 0.409 e. The summed E-state index contributed by atoms with van der Waals surface area (Å²) in [7, 11) is -1.15. The molecule has 0 atom stereocenters. The van der Waals surface area contributed by atoms with Gasteiger partial charge < -0.3 is 19.1 Å². The zero-order valence-electron chi connectivity index (χ0n) is 16.5. The zero-order chi connectivity index (χ0) is 21.0. The summed E-state index contributed by atoms with van der Waals surface area (Å²) in [4.78, 5) is 19.1. The largest absolute Gasteiger partial charge is 0.465 e. The van der Waals surface area contributed by atoms with Crippen LogP contribution in [0, 0.1) is 5.82 Å². The molecule has 29 heavy (non-hydrogen) atoms. The van der Waals surface area contributed by atoms with Crippen LogP contribution in [0.4, 0.5) is 14.9 Å². The zero-order valence-corrected chi connectivity index (χ0v) is 17.5. The van der Waals surface area contributed by atoms with Crippen molar-refractivity contribution in [1.29, 1.82) is 0 Å². The number of ether oxygens (including phenoxy) is 2. The molecule has 0 bridgehead atoms. The van der Waals surface area contributed by atoms with E-state index in [2.05, 4.69) is 29.6 Å². The molecule has 154 valence electrons.